The van der Waals surface area contributed by atoms with E-state index in [0.29, 0.717) is 22.6 Å². The second kappa shape index (κ2) is 10.5. The van der Waals surface area contributed by atoms with Crippen LogP contribution in [0.25, 0.3) is 0 Å². The van der Waals surface area contributed by atoms with E-state index in [1.54, 1.807) is 39.0 Å². The lowest BCUT2D eigenvalue weighted by atomic mass is 10.1. The number of aryl methyl sites for hydroxylation is 1. The third-order valence-corrected chi connectivity index (χ3v) is 6.40. The molecular weight excluding hydrogens is 450 g/mol. The molecule has 2 atom stereocenters. The Kier molecular flexibility index (Phi) is 8.26. The molecule has 1 N–H and O–H groups in total. The van der Waals surface area contributed by atoms with Gasteiger partial charge in [0.05, 0.1) is 37.1 Å². The van der Waals surface area contributed by atoms with Gasteiger partial charge >= 0.3 is 0 Å². The minimum Gasteiger partial charge on any atom is -0.497 e. The van der Waals surface area contributed by atoms with Crippen LogP contribution in [-0.4, -0.2) is 45.8 Å². The first-order chi connectivity index (χ1) is 15.4. The fourth-order valence-electron chi connectivity index (χ4n) is 3.55. The number of amides is 1. The van der Waals surface area contributed by atoms with Crippen LogP contribution >= 0.6 is 0 Å². The molecule has 0 unspecified atom stereocenters. The molecule has 0 aromatic heterocycles. The van der Waals surface area contributed by atoms with Crippen molar-refractivity contribution in [1.29, 1.82) is 0 Å². The van der Waals surface area contributed by atoms with Gasteiger partial charge in [0.2, 0.25) is 15.9 Å². The van der Waals surface area contributed by atoms with Crippen molar-refractivity contribution in [2.24, 2.45) is 0 Å². The van der Waals surface area contributed by atoms with Crippen LogP contribution in [0.1, 0.15) is 37.4 Å². The van der Waals surface area contributed by atoms with Gasteiger partial charge in [-0.15, -0.1) is 0 Å². The molecule has 11 heteroatoms. The SMILES string of the molecule is CC[C@@H](C(=O)N[C@H](C)c1cc(OC)ccc1OC)N(c1cc([N+](=O)[O-])ccc1C)S(C)(=O)=O. The number of non-ortho nitro benzene ring substituents is 1. The van der Waals surface area contributed by atoms with Crippen molar-refractivity contribution in [3.63, 3.8) is 0 Å². The summed E-state index contributed by atoms with van der Waals surface area (Å²) in [6.45, 7) is 5.04. The van der Waals surface area contributed by atoms with E-state index >= 15 is 0 Å². The number of benzene rings is 2. The Morgan fingerprint density at radius 2 is 1.85 bits per heavy atom. The van der Waals surface area contributed by atoms with Crippen LogP contribution in [0.15, 0.2) is 36.4 Å². The van der Waals surface area contributed by atoms with E-state index in [2.05, 4.69) is 5.32 Å². The first-order valence-electron chi connectivity index (χ1n) is 10.2. The molecule has 2 aromatic carbocycles. The highest BCUT2D eigenvalue weighted by atomic mass is 32.2. The molecule has 0 aliphatic heterocycles. The topological polar surface area (TPSA) is 128 Å². The zero-order chi connectivity index (χ0) is 24.9. The maximum absolute atomic E-state index is 13.3. The Bertz CT molecular complexity index is 1130. The lowest BCUT2D eigenvalue weighted by Crippen LogP contribution is -2.50. The Hall–Kier alpha value is -3.34. The third-order valence-electron chi connectivity index (χ3n) is 5.23. The largest absolute Gasteiger partial charge is 0.497 e. The Labute approximate surface area is 193 Å². The van der Waals surface area contributed by atoms with Crippen LogP contribution in [0.2, 0.25) is 0 Å². The first kappa shape index (κ1) is 25.9. The summed E-state index contributed by atoms with van der Waals surface area (Å²) >= 11 is 0. The monoisotopic (exact) mass is 479 g/mol. The van der Waals surface area contributed by atoms with Crippen LogP contribution in [0, 0.1) is 17.0 Å². The molecule has 33 heavy (non-hydrogen) atoms. The van der Waals surface area contributed by atoms with E-state index in [-0.39, 0.29) is 17.8 Å². The molecule has 0 saturated carbocycles. The number of rotatable bonds is 10. The number of nitrogens with one attached hydrogen (secondary N) is 1. The van der Waals surface area contributed by atoms with Crippen LogP contribution < -0.4 is 19.1 Å². The number of hydrogen-bond donors (Lipinski definition) is 1. The molecule has 10 nitrogen and oxygen atoms in total. The van der Waals surface area contributed by atoms with Gasteiger partial charge in [-0.05, 0) is 44.0 Å². The van der Waals surface area contributed by atoms with E-state index in [4.69, 9.17) is 9.47 Å². The standard InChI is InChI=1S/C22H29N3O7S/c1-7-19(22(26)23-15(3)18-13-17(31-4)10-11-21(18)32-5)24(33(6,29)30)20-12-16(25(27)28)9-8-14(20)2/h8-13,15,19H,7H2,1-6H3,(H,23,26)/t15-,19+/m1/s1. The lowest BCUT2D eigenvalue weighted by Gasteiger charge is -2.32. The van der Waals surface area contributed by atoms with E-state index < -0.39 is 32.9 Å². The van der Waals surface area contributed by atoms with Crippen molar-refractivity contribution >= 4 is 27.3 Å². The summed E-state index contributed by atoms with van der Waals surface area (Å²) in [5.74, 6) is 0.557. The van der Waals surface area contributed by atoms with Gasteiger partial charge in [-0.1, -0.05) is 13.0 Å². The molecule has 0 saturated heterocycles. The van der Waals surface area contributed by atoms with E-state index in [1.807, 2.05) is 0 Å². The highest BCUT2D eigenvalue weighted by molar-refractivity contribution is 7.92. The number of carbonyl (C=O) groups excluding carboxylic acids is 1. The van der Waals surface area contributed by atoms with Gasteiger partial charge in [0.25, 0.3) is 5.69 Å². The Balaban J connectivity index is 2.47. The van der Waals surface area contributed by atoms with Crippen LogP contribution in [0.4, 0.5) is 11.4 Å². The zero-order valence-electron chi connectivity index (χ0n) is 19.5. The minimum atomic E-state index is -3.96. The second-order valence-corrected chi connectivity index (χ2v) is 9.41. The molecule has 0 radical (unpaired) electrons. The fraction of sp³-hybridized carbons (Fsp3) is 0.409. The van der Waals surface area contributed by atoms with Gasteiger partial charge in [0, 0.05) is 17.7 Å². The van der Waals surface area contributed by atoms with Gasteiger partial charge in [0.15, 0.2) is 0 Å². The van der Waals surface area contributed by atoms with Gasteiger partial charge in [-0.3, -0.25) is 19.2 Å². The van der Waals surface area contributed by atoms with E-state index in [1.165, 1.54) is 32.4 Å². The summed E-state index contributed by atoms with van der Waals surface area (Å²) in [6.07, 6.45) is 1.11. The number of sulfonamides is 1. The first-order valence-corrected chi connectivity index (χ1v) is 12.1. The predicted octanol–water partition coefficient (Wildman–Crippen LogP) is 3.34. The summed E-state index contributed by atoms with van der Waals surface area (Å²) in [4.78, 5) is 23.9. The number of nitrogens with zero attached hydrogens (tertiary/aromatic N) is 2. The summed E-state index contributed by atoms with van der Waals surface area (Å²) < 4.78 is 37.1. The highest BCUT2D eigenvalue weighted by Gasteiger charge is 2.34. The highest BCUT2D eigenvalue weighted by Crippen LogP contribution is 2.32. The Morgan fingerprint density at radius 3 is 2.36 bits per heavy atom. The van der Waals surface area contributed by atoms with Crippen LogP contribution in [0.3, 0.4) is 0 Å². The van der Waals surface area contributed by atoms with E-state index in [0.717, 1.165) is 10.6 Å². The number of carbonyl (C=O) groups is 1. The number of anilines is 1. The quantitative estimate of drug-likeness (QED) is 0.409. The number of hydrogen-bond acceptors (Lipinski definition) is 7. The predicted molar refractivity (Wildman–Crippen MR) is 125 cm³/mol. The van der Waals surface area contributed by atoms with Crippen molar-refractivity contribution < 1.29 is 27.6 Å². The number of ether oxygens (including phenoxy) is 2. The maximum atomic E-state index is 13.3. The molecule has 2 rings (SSSR count). The summed E-state index contributed by atoms with van der Waals surface area (Å²) in [5.41, 5.74) is 0.951. The number of nitro benzene ring substituents is 1. The molecule has 0 fully saturated rings. The minimum absolute atomic E-state index is 0.0836. The average Bonchev–Trinajstić information content (AvgIpc) is 2.76. The molecule has 0 aliphatic rings. The molecule has 0 aliphatic carbocycles. The maximum Gasteiger partial charge on any atom is 0.271 e. The Morgan fingerprint density at radius 1 is 1.18 bits per heavy atom. The molecule has 2 aromatic rings. The summed E-state index contributed by atoms with van der Waals surface area (Å²) in [7, 11) is -0.932. The molecule has 0 heterocycles. The summed E-state index contributed by atoms with van der Waals surface area (Å²) in [6, 6.07) is 7.41. The lowest BCUT2D eigenvalue weighted by molar-refractivity contribution is -0.384. The van der Waals surface area contributed by atoms with Gasteiger partial charge in [-0.25, -0.2) is 8.42 Å². The van der Waals surface area contributed by atoms with Crippen molar-refractivity contribution in [3.8, 4) is 11.5 Å². The molecule has 180 valence electrons. The normalized spacial score (nSPS) is 13.0. The van der Waals surface area contributed by atoms with Crippen molar-refractivity contribution in [2.75, 3.05) is 24.8 Å². The average molecular weight is 480 g/mol. The molecule has 0 spiro atoms. The molecule has 1 amide bonds. The molecule has 0 bridgehead atoms. The van der Waals surface area contributed by atoms with Gasteiger partial charge in [-0.2, -0.15) is 0 Å². The van der Waals surface area contributed by atoms with Crippen LogP contribution in [-0.2, 0) is 14.8 Å². The fourth-order valence-corrected chi connectivity index (χ4v) is 4.81. The summed E-state index contributed by atoms with van der Waals surface area (Å²) in [5, 5.41) is 14.1. The number of methoxy groups -OCH3 is 2. The smallest absolute Gasteiger partial charge is 0.271 e. The van der Waals surface area contributed by atoms with Gasteiger partial charge < -0.3 is 14.8 Å². The second-order valence-electron chi connectivity index (χ2n) is 7.55. The van der Waals surface area contributed by atoms with Crippen molar-refractivity contribution in [3.05, 3.63) is 57.6 Å². The zero-order valence-corrected chi connectivity index (χ0v) is 20.3. The van der Waals surface area contributed by atoms with Crippen molar-refractivity contribution in [1.82, 2.24) is 5.32 Å². The molecular formula is C22H29N3O7S. The van der Waals surface area contributed by atoms with E-state index in [9.17, 15) is 23.3 Å². The van der Waals surface area contributed by atoms with Crippen molar-refractivity contribution in [2.45, 2.75) is 39.3 Å². The third kappa shape index (κ3) is 5.92. The number of nitro groups is 1. The van der Waals surface area contributed by atoms with Gasteiger partial charge in [0.1, 0.15) is 17.5 Å². The van der Waals surface area contributed by atoms with Crippen LogP contribution in [0.5, 0.6) is 11.5 Å².